The van der Waals surface area contributed by atoms with Crippen LogP contribution in [0.2, 0.25) is 0 Å². The molecule has 1 aliphatic rings. The van der Waals surface area contributed by atoms with Crippen molar-refractivity contribution in [3.8, 4) is 0 Å². The van der Waals surface area contributed by atoms with Crippen molar-refractivity contribution in [1.29, 1.82) is 0 Å². The normalized spacial score (nSPS) is 18.8. The number of rotatable bonds is 8. The van der Waals surface area contributed by atoms with E-state index < -0.39 is 35.8 Å². The number of carbonyl (C=O) groups is 4. The predicted molar refractivity (Wildman–Crippen MR) is 95.5 cm³/mol. The molecule has 11 nitrogen and oxygen atoms in total. The summed E-state index contributed by atoms with van der Waals surface area (Å²) in [6, 6.07) is -2.10. The van der Waals surface area contributed by atoms with Crippen LogP contribution >= 0.6 is 22.9 Å². The van der Waals surface area contributed by atoms with E-state index in [2.05, 4.69) is 30.8 Å². The fraction of sp³-hybridized carbons (Fsp3) is 0.429. The first-order valence-electron chi connectivity index (χ1n) is 7.62. The molecule has 13 heteroatoms. The highest BCUT2D eigenvalue weighted by Crippen LogP contribution is 2.17. The lowest BCUT2D eigenvalue weighted by atomic mass is 9.99. The Bertz CT molecular complexity index is 782. The Morgan fingerprint density at radius 2 is 2.19 bits per heavy atom. The van der Waals surface area contributed by atoms with Crippen LogP contribution in [-0.4, -0.2) is 66.1 Å². The minimum absolute atomic E-state index is 0.116. The molecule has 1 aromatic heterocycles. The SMILES string of the molecule is CCO/N=C(/C(=O)N[C@H]1C(=O)N[C@H]1C(=O)OC)c1csc(NC(=O)CCl)n1. The summed E-state index contributed by atoms with van der Waals surface area (Å²) in [7, 11) is 1.17. The Balaban J connectivity index is 2.16. The number of hydrogen-bond acceptors (Lipinski definition) is 9. The number of methoxy groups -OCH3 is 1. The van der Waals surface area contributed by atoms with Gasteiger partial charge in [-0.05, 0) is 6.92 Å². The molecule has 0 unspecified atom stereocenters. The Hall–Kier alpha value is -2.73. The molecule has 2 atom stereocenters. The van der Waals surface area contributed by atoms with Gasteiger partial charge >= 0.3 is 5.97 Å². The van der Waals surface area contributed by atoms with E-state index in [9.17, 15) is 19.2 Å². The van der Waals surface area contributed by atoms with Gasteiger partial charge in [-0.2, -0.15) is 0 Å². The number of anilines is 1. The van der Waals surface area contributed by atoms with E-state index in [1.807, 2.05) is 0 Å². The summed E-state index contributed by atoms with van der Waals surface area (Å²) in [5, 5.41) is 12.6. The highest BCUT2D eigenvalue weighted by molar-refractivity contribution is 7.14. The minimum atomic E-state index is -1.11. The van der Waals surface area contributed by atoms with Gasteiger partial charge in [-0.15, -0.1) is 22.9 Å². The number of halogens is 1. The fourth-order valence-corrected chi connectivity index (χ4v) is 2.77. The summed E-state index contributed by atoms with van der Waals surface area (Å²) in [5.74, 6) is -2.72. The van der Waals surface area contributed by atoms with Gasteiger partial charge in [-0.25, -0.2) is 9.78 Å². The molecule has 146 valence electrons. The van der Waals surface area contributed by atoms with Crippen molar-refractivity contribution in [2.24, 2.45) is 5.16 Å². The number of β-lactam (4-membered cyclic amide) rings is 1. The van der Waals surface area contributed by atoms with Crippen LogP contribution < -0.4 is 16.0 Å². The molecule has 1 aromatic rings. The van der Waals surface area contributed by atoms with Crippen molar-refractivity contribution < 1.29 is 28.8 Å². The molecule has 0 spiro atoms. The first-order valence-corrected chi connectivity index (χ1v) is 9.03. The van der Waals surface area contributed by atoms with Crippen LogP contribution in [0.1, 0.15) is 12.6 Å². The van der Waals surface area contributed by atoms with Gasteiger partial charge in [0, 0.05) is 5.38 Å². The van der Waals surface area contributed by atoms with E-state index in [-0.39, 0.29) is 29.0 Å². The number of hydrogen-bond donors (Lipinski definition) is 3. The molecule has 0 saturated carbocycles. The molecule has 0 aliphatic carbocycles. The number of ether oxygens (including phenoxy) is 1. The van der Waals surface area contributed by atoms with Crippen molar-refractivity contribution in [2.45, 2.75) is 19.0 Å². The van der Waals surface area contributed by atoms with Gasteiger partial charge < -0.3 is 25.5 Å². The minimum Gasteiger partial charge on any atom is -0.467 e. The zero-order chi connectivity index (χ0) is 20.0. The number of thiazole rings is 1. The average molecular weight is 418 g/mol. The zero-order valence-electron chi connectivity index (χ0n) is 14.3. The standard InChI is InChI=1S/C14H16ClN5O6S/c1-3-26-20-8(6-5-27-14(16-6)17-7(21)4-15)11(22)18-9-10(13(24)25-2)19-12(9)23/h5,9-10H,3-4H2,1-2H3,(H,18,22)(H,19,23)(H,16,17,21)/b20-8+/t9-,10-/m1/s1. The fourth-order valence-electron chi connectivity index (χ4n) is 1.99. The molecule has 3 N–H and O–H groups in total. The summed E-state index contributed by atoms with van der Waals surface area (Å²) in [6.07, 6.45) is 0. The van der Waals surface area contributed by atoms with Gasteiger partial charge in [-0.3, -0.25) is 14.4 Å². The maximum Gasteiger partial charge on any atom is 0.331 e. The molecular formula is C14H16ClN5O6S. The third kappa shape index (κ3) is 4.92. The second kappa shape index (κ2) is 9.28. The van der Waals surface area contributed by atoms with E-state index in [1.165, 1.54) is 12.5 Å². The lowest BCUT2D eigenvalue weighted by molar-refractivity contribution is -0.153. The molecule has 1 saturated heterocycles. The number of amides is 3. The molecule has 27 heavy (non-hydrogen) atoms. The van der Waals surface area contributed by atoms with E-state index in [4.69, 9.17) is 16.4 Å². The topological polar surface area (TPSA) is 148 Å². The van der Waals surface area contributed by atoms with Gasteiger partial charge in [-0.1, -0.05) is 5.16 Å². The van der Waals surface area contributed by atoms with Crippen molar-refractivity contribution in [3.63, 3.8) is 0 Å². The van der Waals surface area contributed by atoms with Gasteiger partial charge in [0.1, 0.15) is 24.2 Å². The highest BCUT2D eigenvalue weighted by atomic mass is 35.5. The van der Waals surface area contributed by atoms with Gasteiger partial charge in [0.2, 0.25) is 11.8 Å². The van der Waals surface area contributed by atoms with Gasteiger partial charge in [0.05, 0.1) is 7.11 Å². The lowest BCUT2D eigenvalue weighted by Crippen LogP contribution is -2.72. The smallest absolute Gasteiger partial charge is 0.331 e. The van der Waals surface area contributed by atoms with E-state index in [0.29, 0.717) is 0 Å². The quantitative estimate of drug-likeness (QED) is 0.165. The number of alkyl halides is 1. The average Bonchev–Trinajstić information content (AvgIpc) is 3.11. The van der Waals surface area contributed by atoms with Crippen LogP contribution in [0.3, 0.4) is 0 Å². The largest absolute Gasteiger partial charge is 0.467 e. The van der Waals surface area contributed by atoms with Crippen LogP contribution in [0, 0.1) is 0 Å². The summed E-state index contributed by atoms with van der Waals surface area (Å²) >= 11 is 6.47. The van der Waals surface area contributed by atoms with Crippen molar-refractivity contribution >= 4 is 57.5 Å². The van der Waals surface area contributed by atoms with Crippen molar-refractivity contribution in [3.05, 3.63) is 11.1 Å². The second-order valence-electron chi connectivity index (χ2n) is 5.04. The Morgan fingerprint density at radius 3 is 2.78 bits per heavy atom. The number of oxime groups is 1. The molecule has 2 rings (SSSR count). The highest BCUT2D eigenvalue weighted by Gasteiger charge is 2.46. The first kappa shape index (κ1) is 20.6. The maximum atomic E-state index is 12.5. The monoisotopic (exact) mass is 417 g/mol. The Labute approximate surface area is 162 Å². The molecule has 1 fully saturated rings. The molecular weight excluding hydrogens is 402 g/mol. The van der Waals surface area contributed by atoms with Crippen molar-refractivity contribution in [1.82, 2.24) is 15.6 Å². The third-order valence-corrected chi connectivity index (χ3v) is 4.27. The number of nitrogens with one attached hydrogen (secondary N) is 3. The maximum absolute atomic E-state index is 12.5. The summed E-state index contributed by atoms with van der Waals surface area (Å²) < 4.78 is 4.55. The number of carbonyl (C=O) groups excluding carboxylic acids is 4. The number of aromatic nitrogens is 1. The van der Waals surface area contributed by atoms with Gasteiger partial charge in [0.25, 0.3) is 5.91 Å². The van der Waals surface area contributed by atoms with Crippen LogP contribution in [0.15, 0.2) is 10.5 Å². The summed E-state index contributed by atoms with van der Waals surface area (Å²) in [4.78, 5) is 56.1. The van der Waals surface area contributed by atoms with E-state index in [1.54, 1.807) is 6.92 Å². The predicted octanol–water partition coefficient (Wildman–Crippen LogP) is -0.783. The summed E-state index contributed by atoms with van der Waals surface area (Å²) in [6.45, 7) is 1.85. The van der Waals surface area contributed by atoms with Crippen LogP contribution in [0.5, 0.6) is 0 Å². The van der Waals surface area contributed by atoms with Gasteiger partial charge in [0.15, 0.2) is 16.9 Å². The van der Waals surface area contributed by atoms with E-state index >= 15 is 0 Å². The number of nitrogens with zero attached hydrogens (tertiary/aromatic N) is 2. The van der Waals surface area contributed by atoms with E-state index in [0.717, 1.165) is 11.3 Å². The molecule has 1 aliphatic heterocycles. The third-order valence-electron chi connectivity index (χ3n) is 3.27. The van der Waals surface area contributed by atoms with Crippen molar-refractivity contribution in [2.75, 3.05) is 24.9 Å². The molecule has 0 bridgehead atoms. The molecule has 0 aromatic carbocycles. The second-order valence-corrected chi connectivity index (χ2v) is 6.16. The van der Waals surface area contributed by atoms with Crippen LogP contribution in [0.4, 0.5) is 5.13 Å². The molecule has 0 radical (unpaired) electrons. The zero-order valence-corrected chi connectivity index (χ0v) is 15.8. The summed E-state index contributed by atoms with van der Waals surface area (Å²) in [5.41, 5.74) is -0.104. The molecule has 2 heterocycles. The number of esters is 1. The lowest BCUT2D eigenvalue weighted by Gasteiger charge is -2.34. The van der Waals surface area contributed by atoms with Crippen LogP contribution in [0.25, 0.3) is 0 Å². The Kier molecular flexibility index (Phi) is 7.07. The first-order chi connectivity index (χ1) is 12.9. The van der Waals surface area contributed by atoms with Crippen LogP contribution in [-0.2, 0) is 28.8 Å². The molecule has 3 amide bonds. The Morgan fingerprint density at radius 1 is 1.44 bits per heavy atom.